The van der Waals surface area contributed by atoms with Crippen molar-refractivity contribution in [2.75, 3.05) is 0 Å². The Balaban J connectivity index is 0.000000561. The SMILES string of the molecule is CC.CC(C)c1cccc(Cl)c1. The molecule has 0 aliphatic rings. The van der Waals surface area contributed by atoms with Crippen LogP contribution in [0.15, 0.2) is 24.3 Å². The molecule has 0 atom stereocenters. The van der Waals surface area contributed by atoms with Crippen LogP contribution in [0, 0.1) is 0 Å². The first kappa shape index (κ1) is 11.5. The van der Waals surface area contributed by atoms with Crippen molar-refractivity contribution in [3.05, 3.63) is 34.9 Å². The third-order valence-electron chi connectivity index (χ3n) is 1.52. The van der Waals surface area contributed by atoms with Crippen LogP contribution in [0.5, 0.6) is 0 Å². The van der Waals surface area contributed by atoms with Gasteiger partial charge in [-0.25, -0.2) is 0 Å². The molecule has 0 aliphatic carbocycles. The highest BCUT2D eigenvalue weighted by atomic mass is 35.5. The number of benzene rings is 1. The fraction of sp³-hybridized carbons (Fsp3) is 0.455. The zero-order valence-corrected chi connectivity index (χ0v) is 9.02. The molecule has 0 saturated carbocycles. The van der Waals surface area contributed by atoms with Crippen LogP contribution in [0.2, 0.25) is 5.02 Å². The minimum atomic E-state index is 0.568. The summed E-state index contributed by atoms with van der Waals surface area (Å²) < 4.78 is 0. The van der Waals surface area contributed by atoms with Crippen molar-refractivity contribution < 1.29 is 0 Å². The van der Waals surface area contributed by atoms with Gasteiger partial charge in [-0.05, 0) is 23.6 Å². The van der Waals surface area contributed by atoms with Crippen LogP contribution in [0.4, 0.5) is 0 Å². The molecule has 0 bridgehead atoms. The molecule has 0 aromatic heterocycles. The van der Waals surface area contributed by atoms with E-state index in [0.29, 0.717) is 5.92 Å². The molecule has 1 aromatic rings. The van der Waals surface area contributed by atoms with E-state index in [1.807, 2.05) is 32.0 Å². The van der Waals surface area contributed by atoms with E-state index >= 15 is 0 Å². The molecule has 0 aliphatic heterocycles. The molecule has 0 unspecified atom stereocenters. The van der Waals surface area contributed by atoms with Crippen molar-refractivity contribution >= 4 is 11.6 Å². The van der Waals surface area contributed by atoms with Crippen LogP contribution < -0.4 is 0 Å². The molecule has 1 heteroatoms. The van der Waals surface area contributed by atoms with Gasteiger partial charge in [0.2, 0.25) is 0 Å². The second kappa shape index (κ2) is 6.07. The molecule has 1 rings (SSSR count). The first-order valence-corrected chi connectivity index (χ1v) is 4.83. The van der Waals surface area contributed by atoms with Gasteiger partial charge in [-0.15, -0.1) is 0 Å². The minimum absolute atomic E-state index is 0.568. The molecule has 0 fully saturated rings. The molecule has 0 spiro atoms. The summed E-state index contributed by atoms with van der Waals surface area (Å²) in [5, 5.41) is 0.825. The van der Waals surface area contributed by atoms with Crippen molar-refractivity contribution in [3.8, 4) is 0 Å². The maximum Gasteiger partial charge on any atom is 0.0408 e. The van der Waals surface area contributed by atoms with E-state index in [1.165, 1.54) is 5.56 Å². The maximum absolute atomic E-state index is 5.79. The standard InChI is InChI=1S/C9H11Cl.C2H6/c1-7(2)8-4-3-5-9(10)6-8;1-2/h3-7H,1-2H3;1-2H3. The molecule has 1 aromatic carbocycles. The van der Waals surface area contributed by atoms with E-state index in [9.17, 15) is 0 Å². The summed E-state index contributed by atoms with van der Waals surface area (Å²) in [7, 11) is 0. The first-order valence-electron chi connectivity index (χ1n) is 4.45. The summed E-state index contributed by atoms with van der Waals surface area (Å²) in [5.74, 6) is 0.568. The Morgan fingerprint density at radius 3 is 2.08 bits per heavy atom. The van der Waals surface area contributed by atoms with Gasteiger partial charge in [-0.2, -0.15) is 0 Å². The molecule has 12 heavy (non-hydrogen) atoms. The van der Waals surface area contributed by atoms with Gasteiger partial charge < -0.3 is 0 Å². The molecule has 0 saturated heterocycles. The fourth-order valence-corrected chi connectivity index (χ4v) is 1.06. The van der Waals surface area contributed by atoms with Crippen molar-refractivity contribution in [1.29, 1.82) is 0 Å². The average molecular weight is 185 g/mol. The third-order valence-corrected chi connectivity index (χ3v) is 1.75. The zero-order chi connectivity index (χ0) is 9.56. The smallest absolute Gasteiger partial charge is 0.0408 e. The lowest BCUT2D eigenvalue weighted by atomic mass is 10.0. The van der Waals surface area contributed by atoms with Crippen LogP contribution in [-0.4, -0.2) is 0 Å². The summed E-state index contributed by atoms with van der Waals surface area (Å²) in [5.41, 5.74) is 1.30. The van der Waals surface area contributed by atoms with E-state index in [0.717, 1.165) is 5.02 Å². The number of rotatable bonds is 1. The largest absolute Gasteiger partial charge is 0.0843 e. The Morgan fingerprint density at radius 2 is 1.75 bits per heavy atom. The van der Waals surface area contributed by atoms with Gasteiger partial charge in [-0.3, -0.25) is 0 Å². The van der Waals surface area contributed by atoms with Crippen LogP contribution in [-0.2, 0) is 0 Å². The molecule has 0 amide bonds. The fourth-order valence-electron chi connectivity index (χ4n) is 0.866. The van der Waals surface area contributed by atoms with E-state index in [4.69, 9.17) is 11.6 Å². The summed E-state index contributed by atoms with van der Waals surface area (Å²) in [6.45, 7) is 8.32. The van der Waals surface area contributed by atoms with Gasteiger partial charge in [0.05, 0.1) is 0 Å². The average Bonchev–Trinajstić information content (AvgIpc) is 2.08. The van der Waals surface area contributed by atoms with Crippen LogP contribution in [0.3, 0.4) is 0 Å². The van der Waals surface area contributed by atoms with Gasteiger partial charge >= 0.3 is 0 Å². The monoisotopic (exact) mass is 184 g/mol. The van der Waals surface area contributed by atoms with E-state index in [2.05, 4.69) is 19.9 Å². The first-order chi connectivity index (χ1) is 5.70. The van der Waals surface area contributed by atoms with E-state index in [1.54, 1.807) is 0 Å². The van der Waals surface area contributed by atoms with E-state index < -0.39 is 0 Å². The molecule has 0 nitrogen and oxygen atoms in total. The summed E-state index contributed by atoms with van der Waals surface area (Å²) in [4.78, 5) is 0. The Kier molecular flexibility index (Phi) is 5.83. The predicted molar refractivity (Wildman–Crippen MR) is 56.9 cm³/mol. The van der Waals surface area contributed by atoms with Crippen molar-refractivity contribution in [1.82, 2.24) is 0 Å². The zero-order valence-electron chi connectivity index (χ0n) is 8.26. The molecule has 0 heterocycles. The Morgan fingerprint density at radius 1 is 1.17 bits per heavy atom. The highest BCUT2D eigenvalue weighted by molar-refractivity contribution is 6.30. The lowest BCUT2D eigenvalue weighted by Gasteiger charge is -2.03. The summed E-state index contributed by atoms with van der Waals surface area (Å²) in [6, 6.07) is 7.98. The molecule has 0 radical (unpaired) electrons. The minimum Gasteiger partial charge on any atom is -0.0843 e. The van der Waals surface area contributed by atoms with Crippen molar-refractivity contribution in [3.63, 3.8) is 0 Å². The number of halogens is 1. The maximum atomic E-state index is 5.79. The quantitative estimate of drug-likeness (QED) is 0.604. The van der Waals surface area contributed by atoms with E-state index in [-0.39, 0.29) is 0 Å². The highest BCUT2D eigenvalue weighted by Gasteiger charge is 1.97. The van der Waals surface area contributed by atoms with Gasteiger partial charge in [0.15, 0.2) is 0 Å². The lowest BCUT2D eigenvalue weighted by Crippen LogP contribution is -1.84. The van der Waals surface area contributed by atoms with Crippen molar-refractivity contribution in [2.24, 2.45) is 0 Å². The lowest BCUT2D eigenvalue weighted by molar-refractivity contribution is 0.867. The predicted octanol–water partition coefficient (Wildman–Crippen LogP) is 4.49. The normalized spacial score (nSPS) is 9.17. The molecular weight excluding hydrogens is 168 g/mol. The number of hydrogen-bond donors (Lipinski definition) is 0. The second-order valence-electron chi connectivity index (χ2n) is 2.71. The molecule has 0 N–H and O–H groups in total. The topological polar surface area (TPSA) is 0 Å². The van der Waals surface area contributed by atoms with Gasteiger partial charge in [0.1, 0.15) is 0 Å². The Bertz CT molecular complexity index is 216. The second-order valence-corrected chi connectivity index (χ2v) is 3.15. The van der Waals surface area contributed by atoms with Crippen LogP contribution >= 0.6 is 11.6 Å². The Labute approximate surface area is 80.6 Å². The van der Waals surface area contributed by atoms with Crippen LogP contribution in [0.1, 0.15) is 39.2 Å². The van der Waals surface area contributed by atoms with Gasteiger partial charge in [0.25, 0.3) is 0 Å². The van der Waals surface area contributed by atoms with Crippen molar-refractivity contribution in [2.45, 2.75) is 33.6 Å². The van der Waals surface area contributed by atoms with Gasteiger partial charge in [0, 0.05) is 5.02 Å². The molecular formula is C11H17Cl. The Hall–Kier alpha value is -0.490. The third kappa shape index (κ3) is 3.77. The summed E-state index contributed by atoms with van der Waals surface area (Å²) >= 11 is 5.79. The van der Waals surface area contributed by atoms with Crippen LogP contribution in [0.25, 0.3) is 0 Å². The van der Waals surface area contributed by atoms with Gasteiger partial charge in [-0.1, -0.05) is 51.4 Å². The summed E-state index contributed by atoms with van der Waals surface area (Å²) in [6.07, 6.45) is 0. The highest BCUT2D eigenvalue weighted by Crippen LogP contribution is 2.17. The number of hydrogen-bond acceptors (Lipinski definition) is 0. The molecule has 68 valence electrons.